The number of unbranched alkanes of at least 4 members (excludes halogenated alkanes) is 3. The summed E-state index contributed by atoms with van der Waals surface area (Å²) in [6.07, 6.45) is -0.916. The van der Waals surface area contributed by atoms with E-state index in [0.717, 1.165) is 30.2 Å². The first kappa shape index (κ1) is 19.2. The van der Waals surface area contributed by atoms with Crippen molar-refractivity contribution in [2.45, 2.75) is 51.6 Å². The van der Waals surface area contributed by atoms with Gasteiger partial charge in [0.25, 0.3) is 0 Å². The molecule has 0 aliphatic carbocycles. The maximum Gasteiger partial charge on any atom is 0.418 e. The lowest BCUT2D eigenvalue weighted by Gasteiger charge is -2.21. The summed E-state index contributed by atoms with van der Waals surface area (Å²) in [5.74, 6) is -0.857. The number of alkyl halides is 3. The van der Waals surface area contributed by atoms with Gasteiger partial charge in [-0.3, -0.25) is 9.59 Å². The number of nitrogens with zero attached hydrogens (tertiary/aromatic N) is 1. The molecule has 0 saturated heterocycles. The second-order valence-corrected chi connectivity index (χ2v) is 5.49. The molecule has 1 rings (SSSR count). The van der Waals surface area contributed by atoms with Gasteiger partial charge in [0, 0.05) is 13.5 Å². The second kappa shape index (κ2) is 8.70. The van der Waals surface area contributed by atoms with Gasteiger partial charge in [0.2, 0.25) is 5.91 Å². The predicted molar refractivity (Wildman–Crippen MR) is 83.2 cm³/mol. The van der Waals surface area contributed by atoms with Crippen LogP contribution in [0.4, 0.5) is 18.9 Å². The molecule has 1 aromatic carbocycles. The lowest BCUT2D eigenvalue weighted by molar-refractivity contribution is -0.137. The summed E-state index contributed by atoms with van der Waals surface area (Å²) in [5, 5.41) is 0. The number of hydrogen-bond acceptors (Lipinski definition) is 2. The fourth-order valence-electron chi connectivity index (χ4n) is 2.26. The van der Waals surface area contributed by atoms with Crippen LogP contribution in [0, 0.1) is 0 Å². The highest BCUT2D eigenvalue weighted by Gasteiger charge is 2.35. The van der Waals surface area contributed by atoms with Crippen molar-refractivity contribution in [2.24, 2.45) is 0 Å². The predicted octanol–water partition coefficient (Wildman–Crippen LogP) is 4.60. The Hall–Kier alpha value is -1.85. The summed E-state index contributed by atoms with van der Waals surface area (Å²) >= 11 is 0. The average molecular weight is 329 g/mol. The number of rotatable bonds is 8. The molecule has 3 nitrogen and oxygen atoms in total. The van der Waals surface area contributed by atoms with Gasteiger partial charge < -0.3 is 4.90 Å². The second-order valence-electron chi connectivity index (χ2n) is 5.49. The highest BCUT2D eigenvalue weighted by Crippen LogP contribution is 2.36. The molecule has 0 aliphatic heterocycles. The van der Waals surface area contributed by atoms with E-state index >= 15 is 0 Å². The molecule has 1 amide bonds. The topological polar surface area (TPSA) is 37.4 Å². The Labute approximate surface area is 134 Å². The van der Waals surface area contributed by atoms with Gasteiger partial charge in [-0.2, -0.15) is 13.2 Å². The minimum Gasteiger partial charge on any atom is -0.315 e. The van der Waals surface area contributed by atoms with E-state index in [-0.39, 0.29) is 17.9 Å². The van der Waals surface area contributed by atoms with Crippen molar-refractivity contribution in [3.63, 3.8) is 0 Å². The molecule has 0 atom stereocenters. The third-order valence-electron chi connectivity index (χ3n) is 3.60. The van der Waals surface area contributed by atoms with Crippen LogP contribution in [0.1, 0.15) is 51.0 Å². The number of carbonyl (C=O) groups excluding carboxylic acids is 2. The van der Waals surface area contributed by atoms with E-state index < -0.39 is 17.6 Å². The van der Waals surface area contributed by atoms with Crippen molar-refractivity contribution in [3.8, 4) is 0 Å². The molecule has 0 unspecified atom stereocenters. The van der Waals surface area contributed by atoms with Gasteiger partial charge in [-0.1, -0.05) is 38.3 Å². The first-order valence-corrected chi connectivity index (χ1v) is 7.71. The zero-order valence-corrected chi connectivity index (χ0v) is 13.4. The Morgan fingerprint density at radius 1 is 1.09 bits per heavy atom. The number of anilines is 1. The van der Waals surface area contributed by atoms with Crippen LogP contribution in [0.3, 0.4) is 0 Å². The van der Waals surface area contributed by atoms with Crippen LogP contribution in [0.25, 0.3) is 0 Å². The van der Waals surface area contributed by atoms with Crippen LogP contribution in [0.15, 0.2) is 24.3 Å². The molecular weight excluding hydrogens is 307 g/mol. The Bertz CT molecular complexity index is 541. The minimum absolute atomic E-state index is 0.233. The van der Waals surface area contributed by atoms with Gasteiger partial charge in [-0.25, -0.2) is 0 Å². The molecule has 0 saturated carbocycles. The lowest BCUT2D eigenvalue weighted by atomic mass is 10.1. The molecular formula is C17H22F3NO2. The van der Waals surface area contributed by atoms with E-state index in [2.05, 4.69) is 6.92 Å². The number of carbonyl (C=O) groups is 2. The van der Waals surface area contributed by atoms with Crippen molar-refractivity contribution in [2.75, 3.05) is 11.9 Å². The van der Waals surface area contributed by atoms with Gasteiger partial charge in [0.05, 0.1) is 17.7 Å². The van der Waals surface area contributed by atoms with E-state index in [9.17, 15) is 22.8 Å². The standard InChI is InChI=1S/C17H22F3NO2/c1-3-4-5-6-9-13(22)12-16(23)21(2)15-11-8-7-10-14(15)17(18,19)20/h7-8,10-11H,3-6,9,12H2,1-2H3. The summed E-state index contributed by atoms with van der Waals surface area (Å²) in [6, 6.07) is 4.85. The smallest absolute Gasteiger partial charge is 0.315 e. The van der Waals surface area contributed by atoms with E-state index in [1.54, 1.807) is 0 Å². The fourth-order valence-corrected chi connectivity index (χ4v) is 2.26. The van der Waals surface area contributed by atoms with Gasteiger partial charge in [0.15, 0.2) is 0 Å². The summed E-state index contributed by atoms with van der Waals surface area (Å²) in [7, 11) is 1.26. The van der Waals surface area contributed by atoms with Crippen molar-refractivity contribution in [1.29, 1.82) is 0 Å². The van der Waals surface area contributed by atoms with E-state index in [1.807, 2.05) is 0 Å². The number of amides is 1. The number of hydrogen-bond donors (Lipinski definition) is 0. The van der Waals surface area contributed by atoms with Crippen molar-refractivity contribution in [1.82, 2.24) is 0 Å². The molecule has 6 heteroatoms. The maximum absolute atomic E-state index is 13.0. The number of ketones is 1. The fraction of sp³-hybridized carbons (Fsp3) is 0.529. The summed E-state index contributed by atoms with van der Waals surface area (Å²) in [6.45, 7) is 2.05. The molecule has 0 heterocycles. The maximum atomic E-state index is 13.0. The van der Waals surface area contributed by atoms with Crippen LogP contribution in [-0.2, 0) is 15.8 Å². The van der Waals surface area contributed by atoms with Crippen LogP contribution in [-0.4, -0.2) is 18.7 Å². The molecule has 23 heavy (non-hydrogen) atoms. The summed E-state index contributed by atoms with van der Waals surface area (Å²) in [4.78, 5) is 24.7. The molecule has 0 aromatic heterocycles. The Morgan fingerprint density at radius 3 is 2.35 bits per heavy atom. The molecule has 0 spiro atoms. The highest BCUT2D eigenvalue weighted by molar-refractivity contribution is 6.05. The van der Waals surface area contributed by atoms with Crippen molar-refractivity contribution >= 4 is 17.4 Å². The zero-order chi connectivity index (χ0) is 17.5. The first-order valence-electron chi connectivity index (χ1n) is 7.71. The molecule has 0 fully saturated rings. The minimum atomic E-state index is -4.55. The van der Waals surface area contributed by atoms with Crippen LogP contribution in [0.2, 0.25) is 0 Å². The number of Topliss-reactive ketones (excluding diaryl/α,β-unsaturated/α-hetero) is 1. The monoisotopic (exact) mass is 329 g/mol. The third-order valence-corrected chi connectivity index (χ3v) is 3.60. The van der Waals surface area contributed by atoms with Crippen LogP contribution in [0.5, 0.6) is 0 Å². The first-order chi connectivity index (χ1) is 10.8. The quantitative estimate of drug-likeness (QED) is 0.516. The molecule has 0 N–H and O–H groups in total. The van der Waals surface area contributed by atoms with E-state index in [4.69, 9.17) is 0 Å². The van der Waals surface area contributed by atoms with E-state index in [0.29, 0.717) is 12.8 Å². The molecule has 1 aromatic rings. The van der Waals surface area contributed by atoms with E-state index in [1.165, 1.54) is 25.2 Å². The number of benzene rings is 1. The normalized spacial score (nSPS) is 11.3. The Morgan fingerprint density at radius 2 is 1.74 bits per heavy atom. The largest absolute Gasteiger partial charge is 0.418 e. The average Bonchev–Trinajstić information content (AvgIpc) is 2.50. The Kier molecular flexibility index (Phi) is 7.26. The SMILES string of the molecule is CCCCCCC(=O)CC(=O)N(C)c1ccccc1C(F)(F)F. The van der Waals surface area contributed by atoms with Gasteiger partial charge in [0.1, 0.15) is 5.78 Å². The van der Waals surface area contributed by atoms with Gasteiger partial charge in [-0.05, 0) is 18.6 Å². The van der Waals surface area contributed by atoms with Crippen LogP contribution < -0.4 is 4.90 Å². The summed E-state index contributed by atoms with van der Waals surface area (Å²) < 4.78 is 38.9. The number of halogens is 3. The molecule has 0 radical (unpaired) electrons. The lowest BCUT2D eigenvalue weighted by Crippen LogP contribution is -2.30. The number of para-hydroxylation sites is 1. The Balaban J connectivity index is 2.69. The molecule has 0 bridgehead atoms. The van der Waals surface area contributed by atoms with Crippen molar-refractivity contribution in [3.05, 3.63) is 29.8 Å². The third kappa shape index (κ3) is 6.04. The van der Waals surface area contributed by atoms with Crippen LogP contribution >= 0.6 is 0 Å². The summed E-state index contributed by atoms with van der Waals surface area (Å²) in [5.41, 5.74) is -1.12. The molecule has 0 aliphatic rings. The van der Waals surface area contributed by atoms with Gasteiger partial charge in [-0.15, -0.1) is 0 Å². The van der Waals surface area contributed by atoms with Gasteiger partial charge >= 0.3 is 6.18 Å². The highest BCUT2D eigenvalue weighted by atomic mass is 19.4. The van der Waals surface area contributed by atoms with Crippen molar-refractivity contribution < 1.29 is 22.8 Å². The zero-order valence-electron chi connectivity index (χ0n) is 13.4. The molecule has 128 valence electrons.